The van der Waals surface area contributed by atoms with Crippen molar-refractivity contribution in [3.8, 4) is 0 Å². The molecule has 1 heterocycles. The first-order valence-corrected chi connectivity index (χ1v) is 9.20. The minimum Gasteiger partial charge on any atom is -0.337 e. The maximum atomic E-state index is 2.34. The molecule has 2 nitrogen and oxygen atoms in total. The second-order valence-corrected chi connectivity index (χ2v) is 6.81. The van der Waals surface area contributed by atoms with Crippen molar-refractivity contribution in [2.24, 2.45) is 7.05 Å². The highest BCUT2D eigenvalue weighted by molar-refractivity contribution is 6.14. The maximum Gasteiger partial charge on any atom is 0.117 e. The van der Waals surface area contributed by atoms with Crippen LogP contribution in [0.1, 0.15) is 0 Å². The lowest BCUT2D eigenvalue weighted by molar-refractivity contribution is 0.914. The summed E-state index contributed by atoms with van der Waals surface area (Å²) in [6.45, 7) is 0. The van der Waals surface area contributed by atoms with Crippen LogP contribution >= 0.6 is 0 Å². The van der Waals surface area contributed by atoms with Crippen molar-refractivity contribution in [2.75, 3.05) is 4.90 Å². The molecule has 27 heavy (non-hydrogen) atoms. The molecule has 0 saturated carbocycles. The molecule has 0 amide bonds. The van der Waals surface area contributed by atoms with Crippen molar-refractivity contribution in [3.63, 3.8) is 0 Å². The van der Waals surface area contributed by atoms with Crippen molar-refractivity contribution in [1.29, 1.82) is 0 Å². The molecule has 0 aliphatic carbocycles. The van der Waals surface area contributed by atoms with E-state index < -0.39 is 0 Å². The van der Waals surface area contributed by atoms with Gasteiger partial charge in [0.25, 0.3) is 0 Å². The van der Waals surface area contributed by atoms with E-state index in [0.717, 1.165) is 11.5 Å². The van der Waals surface area contributed by atoms with Crippen LogP contribution in [0.25, 0.3) is 21.5 Å². The van der Waals surface area contributed by atoms with E-state index in [1.54, 1.807) is 0 Å². The fourth-order valence-electron chi connectivity index (χ4n) is 3.88. The van der Waals surface area contributed by atoms with Crippen LogP contribution in [0.5, 0.6) is 0 Å². The van der Waals surface area contributed by atoms with Gasteiger partial charge in [0.2, 0.25) is 0 Å². The minimum absolute atomic E-state index is 1.14. The molecule has 5 aromatic rings. The fourth-order valence-corrected chi connectivity index (χ4v) is 3.88. The fraction of sp³-hybridized carbons (Fsp3) is 0.0400. The Kier molecular flexibility index (Phi) is 3.68. The third kappa shape index (κ3) is 2.58. The van der Waals surface area contributed by atoms with Crippen molar-refractivity contribution >= 4 is 38.7 Å². The SMILES string of the molecule is Cn1cccc1N(c1ccccc1)c1cc2ccccc2c2ccccc12. The number of hydrogen-bond acceptors (Lipinski definition) is 1. The third-order valence-corrected chi connectivity index (χ3v) is 5.15. The highest BCUT2D eigenvalue weighted by Crippen LogP contribution is 2.41. The van der Waals surface area contributed by atoms with Gasteiger partial charge in [-0.15, -0.1) is 0 Å². The molecule has 2 heteroatoms. The zero-order valence-electron chi connectivity index (χ0n) is 15.2. The van der Waals surface area contributed by atoms with Crippen LogP contribution in [0.15, 0.2) is 103 Å². The highest BCUT2D eigenvalue weighted by atomic mass is 15.2. The average molecular weight is 348 g/mol. The van der Waals surface area contributed by atoms with Gasteiger partial charge in [-0.05, 0) is 46.5 Å². The first kappa shape index (κ1) is 15.7. The number of para-hydroxylation sites is 1. The smallest absolute Gasteiger partial charge is 0.117 e. The van der Waals surface area contributed by atoms with Crippen molar-refractivity contribution < 1.29 is 0 Å². The minimum atomic E-state index is 1.14. The number of benzene rings is 4. The zero-order chi connectivity index (χ0) is 18.2. The quantitative estimate of drug-likeness (QED) is 0.325. The predicted octanol–water partition coefficient (Wildman–Crippen LogP) is 6.80. The number of anilines is 3. The van der Waals surface area contributed by atoms with Crippen molar-refractivity contribution in [3.05, 3.63) is 103 Å². The van der Waals surface area contributed by atoms with Crippen molar-refractivity contribution in [2.45, 2.75) is 0 Å². The summed E-state index contributed by atoms with van der Waals surface area (Å²) in [6, 6.07) is 34.4. The first-order valence-electron chi connectivity index (χ1n) is 9.20. The van der Waals surface area contributed by atoms with Gasteiger partial charge in [0.05, 0.1) is 5.69 Å². The molecule has 0 unspecified atom stereocenters. The Labute approximate surface area is 158 Å². The Bertz CT molecular complexity index is 1240. The molecular weight excluding hydrogens is 328 g/mol. The summed E-state index contributed by atoms with van der Waals surface area (Å²) >= 11 is 0. The van der Waals surface area contributed by atoms with Gasteiger partial charge in [-0.1, -0.05) is 66.7 Å². The topological polar surface area (TPSA) is 8.17 Å². The van der Waals surface area contributed by atoms with Crippen LogP contribution in [-0.4, -0.2) is 4.57 Å². The molecule has 0 aliphatic heterocycles. The summed E-state index contributed by atoms with van der Waals surface area (Å²) in [5.74, 6) is 1.14. The number of fused-ring (bicyclic) bond motifs is 3. The summed E-state index contributed by atoms with van der Waals surface area (Å²) in [4.78, 5) is 2.34. The van der Waals surface area contributed by atoms with Gasteiger partial charge >= 0.3 is 0 Å². The molecule has 0 saturated heterocycles. The van der Waals surface area contributed by atoms with E-state index in [0.29, 0.717) is 0 Å². The number of hydrogen-bond donors (Lipinski definition) is 0. The highest BCUT2D eigenvalue weighted by Gasteiger charge is 2.18. The Balaban J connectivity index is 1.89. The van der Waals surface area contributed by atoms with Gasteiger partial charge in [-0.25, -0.2) is 0 Å². The molecule has 0 aliphatic rings. The summed E-state index contributed by atoms with van der Waals surface area (Å²) in [7, 11) is 2.09. The number of aryl methyl sites for hydroxylation is 1. The second-order valence-electron chi connectivity index (χ2n) is 6.81. The third-order valence-electron chi connectivity index (χ3n) is 5.15. The van der Waals surface area contributed by atoms with E-state index >= 15 is 0 Å². The molecule has 5 rings (SSSR count). The first-order chi connectivity index (χ1) is 13.3. The molecule has 1 aromatic heterocycles. The molecule has 130 valence electrons. The predicted molar refractivity (Wildman–Crippen MR) is 115 cm³/mol. The normalized spacial score (nSPS) is 11.1. The van der Waals surface area contributed by atoms with E-state index in [4.69, 9.17) is 0 Å². The van der Waals surface area contributed by atoms with E-state index in [1.807, 2.05) is 0 Å². The maximum absolute atomic E-state index is 2.34. The lowest BCUT2D eigenvalue weighted by Crippen LogP contribution is -2.13. The molecule has 0 spiro atoms. The Hall–Kier alpha value is -3.52. The standard InChI is InChI=1S/C25H20N2/c1-26-17-9-16-25(26)27(20-11-3-2-4-12-20)24-18-19-10-5-6-13-21(19)22-14-7-8-15-23(22)24/h2-18H,1H3. The van der Waals surface area contributed by atoms with Crippen LogP contribution < -0.4 is 4.90 Å². The Morgan fingerprint density at radius 3 is 2.04 bits per heavy atom. The van der Waals surface area contributed by atoms with E-state index in [2.05, 4.69) is 120 Å². The summed E-state index contributed by atoms with van der Waals surface area (Å²) in [5, 5.41) is 5.07. The molecule has 0 bridgehead atoms. The largest absolute Gasteiger partial charge is 0.337 e. The van der Waals surface area contributed by atoms with Gasteiger partial charge in [-0.2, -0.15) is 0 Å². The van der Waals surface area contributed by atoms with E-state index in [9.17, 15) is 0 Å². The van der Waals surface area contributed by atoms with Crippen LogP contribution in [0, 0.1) is 0 Å². The average Bonchev–Trinajstić information content (AvgIpc) is 3.15. The molecule has 0 radical (unpaired) electrons. The molecular formula is C25H20N2. The Morgan fingerprint density at radius 2 is 1.30 bits per heavy atom. The Morgan fingerprint density at radius 1 is 0.630 bits per heavy atom. The van der Waals surface area contributed by atoms with Gasteiger partial charge in [0, 0.05) is 24.3 Å². The summed E-state index contributed by atoms with van der Waals surface area (Å²) < 4.78 is 2.16. The van der Waals surface area contributed by atoms with Crippen LogP contribution in [0.3, 0.4) is 0 Å². The number of nitrogens with zero attached hydrogens (tertiary/aromatic N) is 2. The number of aromatic nitrogens is 1. The van der Waals surface area contributed by atoms with Gasteiger partial charge in [0.1, 0.15) is 5.82 Å². The lowest BCUT2D eigenvalue weighted by atomic mass is 9.99. The second kappa shape index (κ2) is 6.33. The lowest BCUT2D eigenvalue weighted by Gasteiger charge is -2.27. The van der Waals surface area contributed by atoms with Gasteiger partial charge in [-0.3, -0.25) is 4.90 Å². The van der Waals surface area contributed by atoms with Crippen LogP contribution in [0.2, 0.25) is 0 Å². The van der Waals surface area contributed by atoms with Gasteiger partial charge in [0.15, 0.2) is 0 Å². The molecule has 0 N–H and O–H groups in total. The van der Waals surface area contributed by atoms with Gasteiger partial charge < -0.3 is 4.57 Å². The van der Waals surface area contributed by atoms with Crippen LogP contribution in [0.4, 0.5) is 17.2 Å². The molecule has 0 fully saturated rings. The monoisotopic (exact) mass is 348 g/mol. The van der Waals surface area contributed by atoms with Crippen molar-refractivity contribution in [1.82, 2.24) is 4.57 Å². The number of rotatable bonds is 3. The zero-order valence-corrected chi connectivity index (χ0v) is 15.2. The van der Waals surface area contributed by atoms with E-state index in [1.165, 1.54) is 27.2 Å². The summed E-state index contributed by atoms with van der Waals surface area (Å²) in [6.07, 6.45) is 2.09. The summed E-state index contributed by atoms with van der Waals surface area (Å²) in [5.41, 5.74) is 2.34. The van der Waals surface area contributed by atoms with E-state index in [-0.39, 0.29) is 0 Å². The molecule has 0 atom stereocenters. The molecule has 4 aromatic carbocycles. The van der Waals surface area contributed by atoms with Crippen LogP contribution in [-0.2, 0) is 7.05 Å².